The lowest BCUT2D eigenvalue weighted by molar-refractivity contribution is -0.204. The Labute approximate surface area is 69.1 Å². The second-order valence-electron chi connectivity index (χ2n) is 5.08. The highest BCUT2D eigenvalue weighted by Crippen LogP contribution is 2.46. The van der Waals surface area contributed by atoms with E-state index in [1.165, 1.54) is 19.3 Å². The second-order valence-corrected chi connectivity index (χ2v) is 5.08. The SMILES string of the molecule is CC(C)(C)C1CCC2CC1O2. The van der Waals surface area contributed by atoms with E-state index in [9.17, 15) is 0 Å². The maximum atomic E-state index is 5.71. The molecule has 1 saturated carbocycles. The summed E-state index contributed by atoms with van der Waals surface area (Å²) >= 11 is 0. The number of rotatable bonds is 0. The van der Waals surface area contributed by atoms with Crippen LogP contribution in [0.1, 0.15) is 40.0 Å². The highest BCUT2D eigenvalue weighted by molar-refractivity contribution is 4.94. The molecule has 1 aliphatic carbocycles. The fourth-order valence-electron chi connectivity index (χ4n) is 2.48. The third-order valence-electron chi connectivity index (χ3n) is 3.22. The summed E-state index contributed by atoms with van der Waals surface area (Å²) in [5.41, 5.74) is 0.454. The summed E-state index contributed by atoms with van der Waals surface area (Å²) < 4.78 is 5.71. The molecule has 3 aliphatic rings. The molecule has 2 bridgehead atoms. The molecule has 2 heterocycles. The fourth-order valence-corrected chi connectivity index (χ4v) is 2.48. The average molecular weight is 154 g/mol. The molecule has 0 spiro atoms. The predicted octanol–water partition coefficient (Wildman–Crippen LogP) is 2.60. The van der Waals surface area contributed by atoms with E-state index in [-0.39, 0.29) is 0 Å². The molecule has 0 aromatic heterocycles. The van der Waals surface area contributed by atoms with Gasteiger partial charge in [-0.3, -0.25) is 0 Å². The van der Waals surface area contributed by atoms with Crippen LogP contribution in [0.3, 0.4) is 0 Å². The highest BCUT2D eigenvalue weighted by atomic mass is 16.5. The number of ether oxygens (including phenoxy) is 1. The van der Waals surface area contributed by atoms with Gasteiger partial charge >= 0.3 is 0 Å². The third kappa shape index (κ3) is 1.20. The smallest absolute Gasteiger partial charge is 0.0636 e. The van der Waals surface area contributed by atoms with Gasteiger partial charge in [0.1, 0.15) is 0 Å². The summed E-state index contributed by atoms with van der Waals surface area (Å²) in [5, 5.41) is 0. The zero-order chi connectivity index (χ0) is 8.06. The van der Waals surface area contributed by atoms with Crippen LogP contribution in [-0.4, -0.2) is 12.2 Å². The monoisotopic (exact) mass is 154 g/mol. The van der Waals surface area contributed by atoms with Crippen LogP contribution >= 0.6 is 0 Å². The van der Waals surface area contributed by atoms with E-state index in [4.69, 9.17) is 4.74 Å². The lowest BCUT2D eigenvalue weighted by Gasteiger charge is -2.51. The molecule has 3 fully saturated rings. The summed E-state index contributed by atoms with van der Waals surface area (Å²) in [6.07, 6.45) is 5.27. The average Bonchev–Trinajstić information content (AvgIpc) is 1.84. The van der Waals surface area contributed by atoms with E-state index < -0.39 is 0 Å². The Bertz CT molecular complexity index is 148. The molecule has 3 atom stereocenters. The minimum atomic E-state index is 0.454. The molecular formula is C10H18O. The van der Waals surface area contributed by atoms with Crippen LogP contribution in [0.15, 0.2) is 0 Å². The zero-order valence-corrected chi connectivity index (χ0v) is 7.76. The molecule has 64 valence electrons. The van der Waals surface area contributed by atoms with E-state index in [1.54, 1.807) is 0 Å². The Morgan fingerprint density at radius 1 is 1.18 bits per heavy atom. The molecule has 1 heteroatoms. The van der Waals surface area contributed by atoms with Gasteiger partial charge in [0.15, 0.2) is 0 Å². The fraction of sp³-hybridized carbons (Fsp3) is 1.00. The first-order valence-electron chi connectivity index (χ1n) is 4.73. The highest BCUT2D eigenvalue weighted by Gasteiger charge is 2.45. The largest absolute Gasteiger partial charge is 0.374 e. The minimum absolute atomic E-state index is 0.454. The van der Waals surface area contributed by atoms with Crippen LogP contribution in [0, 0.1) is 11.3 Å². The van der Waals surface area contributed by atoms with Crippen molar-refractivity contribution in [3.8, 4) is 0 Å². The Morgan fingerprint density at radius 2 is 1.82 bits per heavy atom. The third-order valence-corrected chi connectivity index (χ3v) is 3.22. The Morgan fingerprint density at radius 3 is 2.09 bits per heavy atom. The van der Waals surface area contributed by atoms with Crippen molar-refractivity contribution >= 4 is 0 Å². The molecule has 0 N–H and O–H groups in total. The van der Waals surface area contributed by atoms with E-state index in [0.29, 0.717) is 17.6 Å². The van der Waals surface area contributed by atoms with Crippen molar-refractivity contribution in [2.75, 3.05) is 0 Å². The molecule has 0 aromatic rings. The van der Waals surface area contributed by atoms with Gasteiger partial charge in [0.25, 0.3) is 0 Å². The van der Waals surface area contributed by atoms with Gasteiger partial charge in [0.2, 0.25) is 0 Å². The van der Waals surface area contributed by atoms with Crippen LogP contribution in [0.25, 0.3) is 0 Å². The molecule has 1 nitrogen and oxygen atoms in total. The van der Waals surface area contributed by atoms with Crippen LogP contribution in [0.5, 0.6) is 0 Å². The van der Waals surface area contributed by atoms with Gasteiger partial charge in [-0.2, -0.15) is 0 Å². The number of hydrogen-bond donors (Lipinski definition) is 0. The summed E-state index contributed by atoms with van der Waals surface area (Å²) in [7, 11) is 0. The van der Waals surface area contributed by atoms with Crippen molar-refractivity contribution in [3.05, 3.63) is 0 Å². The van der Waals surface area contributed by atoms with E-state index in [1.807, 2.05) is 0 Å². The van der Waals surface area contributed by atoms with Crippen LogP contribution in [0.4, 0.5) is 0 Å². The van der Waals surface area contributed by atoms with Gasteiger partial charge in [-0.1, -0.05) is 20.8 Å². The van der Waals surface area contributed by atoms with Crippen molar-refractivity contribution in [3.63, 3.8) is 0 Å². The van der Waals surface area contributed by atoms with Crippen molar-refractivity contribution < 1.29 is 4.74 Å². The van der Waals surface area contributed by atoms with Crippen LogP contribution in [-0.2, 0) is 4.74 Å². The second kappa shape index (κ2) is 2.22. The first-order valence-corrected chi connectivity index (χ1v) is 4.73. The van der Waals surface area contributed by atoms with Crippen LogP contribution < -0.4 is 0 Å². The van der Waals surface area contributed by atoms with E-state index in [0.717, 1.165) is 5.92 Å². The zero-order valence-electron chi connectivity index (χ0n) is 7.76. The summed E-state index contributed by atoms with van der Waals surface area (Å²) in [5.74, 6) is 0.812. The molecule has 0 radical (unpaired) electrons. The lowest BCUT2D eigenvalue weighted by Crippen LogP contribution is -2.51. The van der Waals surface area contributed by atoms with Gasteiger partial charge in [0.05, 0.1) is 12.2 Å². The molecule has 3 rings (SSSR count). The minimum Gasteiger partial charge on any atom is -0.374 e. The van der Waals surface area contributed by atoms with Crippen molar-refractivity contribution in [1.29, 1.82) is 0 Å². The molecule has 3 unspecified atom stereocenters. The quantitative estimate of drug-likeness (QED) is 0.521. The first kappa shape index (κ1) is 7.60. The van der Waals surface area contributed by atoms with Crippen molar-refractivity contribution in [2.24, 2.45) is 11.3 Å². The topological polar surface area (TPSA) is 9.23 Å². The molecule has 11 heavy (non-hydrogen) atoms. The van der Waals surface area contributed by atoms with E-state index in [2.05, 4.69) is 20.8 Å². The van der Waals surface area contributed by atoms with Crippen molar-refractivity contribution in [1.82, 2.24) is 0 Å². The number of fused-ring (bicyclic) bond motifs is 2. The molecule has 0 amide bonds. The van der Waals surface area contributed by atoms with Gasteiger partial charge in [-0.25, -0.2) is 0 Å². The Hall–Kier alpha value is -0.0400. The standard InChI is InChI=1S/C10H18O/c1-10(2,3)8-5-4-7-6-9(8)11-7/h7-9H,4-6H2,1-3H3. The van der Waals surface area contributed by atoms with Gasteiger partial charge in [-0.15, -0.1) is 0 Å². The first-order chi connectivity index (χ1) is 5.07. The van der Waals surface area contributed by atoms with Crippen LogP contribution in [0.2, 0.25) is 0 Å². The Balaban J connectivity index is 2.03. The van der Waals surface area contributed by atoms with E-state index >= 15 is 0 Å². The maximum Gasteiger partial charge on any atom is 0.0636 e. The van der Waals surface area contributed by atoms with Gasteiger partial charge < -0.3 is 4.74 Å². The Kier molecular flexibility index (Phi) is 1.54. The van der Waals surface area contributed by atoms with Crippen molar-refractivity contribution in [2.45, 2.75) is 52.2 Å². The molecule has 2 aliphatic heterocycles. The molecular weight excluding hydrogens is 136 g/mol. The molecule has 0 aromatic carbocycles. The summed E-state index contributed by atoms with van der Waals surface area (Å²) in [6, 6.07) is 0. The maximum absolute atomic E-state index is 5.71. The van der Waals surface area contributed by atoms with Gasteiger partial charge in [0, 0.05) is 6.42 Å². The molecule has 2 saturated heterocycles. The summed E-state index contributed by atoms with van der Waals surface area (Å²) in [6.45, 7) is 7.00. The normalized spacial score (nSPS) is 43.4. The summed E-state index contributed by atoms with van der Waals surface area (Å²) in [4.78, 5) is 0. The number of hydrogen-bond acceptors (Lipinski definition) is 1. The van der Waals surface area contributed by atoms with Gasteiger partial charge in [-0.05, 0) is 24.2 Å². The lowest BCUT2D eigenvalue weighted by atomic mass is 9.67. The predicted molar refractivity (Wildman–Crippen MR) is 45.5 cm³/mol.